The van der Waals surface area contributed by atoms with Gasteiger partial charge >= 0.3 is 0 Å². The normalized spacial score (nSPS) is 10.2. The number of carbonyl (C=O) groups is 1. The zero-order valence-electron chi connectivity index (χ0n) is 14.1. The zero-order chi connectivity index (χ0) is 17.5. The lowest BCUT2D eigenvalue weighted by Gasteiger charge is -2.06. The molecule has 2 rings (SSSR count). The molecule has 1 amide bonds. The van der Waals surface area contributed by atoms with E-state index in [-0.39, 0.29) is 29.7 Å². The van der Waals surface area contributed by atoms with Crippen LogP contribution in [0.4, 0.5) is 5.69 Å². The van der Waals surface area contributed by atoms with Crippen molar-refractivity contribution in [1.29, 1.82) is 0 Å². The molecule has 9 nitrogen and oxygen atoms in total. The Morgan fingerprint density at radius 2 is 2.08 bits per heavy atom. The minimum absolute atomic E-state index is 0. The van der Waals surface area contributed by atoms with Crippen LogP contribution >= 0.6 is 12.4 Å². The summed E-state index contributed by atoms with van der Waals surface area (Å²) in [6, 6.07) is 6.02. The van der Waals surface area contributed by atoms with Gasteiger partial charge in [-0.2, -0.15) is 0 Å². The van der Waals surface area contributed by atoms with Gasteiger partial charge < -0.3 is 10.6 Å². The van der Waals surface area contributed by atoms with Gasteiger partial charge in [0.05, 0.1) is 16.3 Å². The Labute approximate surface area is 151 Å². The Morgan fingerprint density at radius 3 is 2.76 bits per heavy atom. The number of nitro groups is 1. The van der Waals surface area contributed by atoms with Gasteiger partial charge in [0.2, 0.25) is 0 Å². The highest BCUT2D eigenvalue weighted by molar-refractivity contribution is 5.93. The molecule has 0 atom stereocenters. The second-order valence-electron chi connectivity index (χ2n) is 5.22. The molecular formula is C15H21ClN6O3. The summed E-state index contributed by atoms with van der Waals surface area (Å²) in [4.78, 5) is 22.5. The maximum Gasteiger partial charge on any atom is 0.273 e. The van der Waals surface area contributed by atoms with Crippen molar-refractivity contribution in [2.75, 3.05) is 19.6 Å². The van der Waals surface area contributed by atoms with Gasteiger partial charge in [-0.05, 0) is 26.0 Å². The summed E-state index contributed by atoms with van der Waals surface area (Å²) in [5, 5.41) is 24.6. The fraction of sp³-hybridized carbons (Fsp3) is 0.400. The smallest absolute Gasteiger partial charge is 0.273 e. The van der Waals surface area contributed by atoms with Crippen LogP contribution in [0.25, 0.3) is 5.69 Å². The number of non-ortho nitro benzene ring substituents is 1. The minimum atomic E-state index is -0.479. The molecule has 0 aliphatic carbocycles. The molecule has 1 aromatic heterocycles. The summed E-state index contributed by atoms with van der Waals surface area (Å²) in [6.45, 7) is 5.84. The van der Waals surface area contributed by atoms with Crippen LogP contribution in [0.1, 0.15) is 29.5 Å². The van der Waals surface area contributed by atoms with Gasteiger partial charge in [0.15, 0.2) is 5.69 Å². The molecule has 2 aromatic rings. The number of rotatable bonds is 8. The highest BCUT2D eigenvalue weighted by Crippen LogP contribution is 2.18. The SMILES string of the molecule is CCCNCCNC(=O)c1nnn(-c2cccc([N+](=O)[O-])c2)c1C.Cl. The van der Waals surface area contributed by atoms with E-state index < -0.39 is 4.92 Å². The topological polar surface area (TPSA) is 115 Å². The Balaban J connectivity index is 0.00000312. The van der Waals surface area contributed by atoms with Crippen LogP contribution in [-0.4, -0.2) is 45.5 Å². The number of halogens is 1. The molecule has 0 saturated heterocycles. The number of nitrogens with one attached hydrogen (secondary N) is 2. The molecule has 10 heteroatoms. The van der Waals surface area contributed by atoms with Crippen molar-refractivity contribution in [3.05, 3.63) is 45.8 Å². The van der Waals surface area contributed by atoms with Crippen molar-refractivity contribution in [2.45, 2.75) is 20.3 Å². The maximum absolute atomic E-state index is 12.2. The lowest BCUT2D eigenvalue weighted by atomic mass is 10.2. The van der Waals surface area contributed by atoms with Crippen molar-refractivity contribution in [1.82, 2.24) is 25.6 Å². The van der Waals surface area contributed by atoms with Gasteiger partial charge in [0, 0.05) is 25.2 Å². The van der Waals surface area contributed by atoms with Crippen LogP contribution in [-0.2, 0) is 0 Å². The van der Waals surface area contributed by atoms with Gasteiger partial charge in [0.25, 0.3) is 11.6 Å². The third-order valence-electron chi connectivity index (χ3n) is 3.41. The first-order valence-corrected chi connectivity index (χ1v) is 7.70. The van der Waals surface area contributed by atoms with E-state index in [9.17, 15) is 14.9 Å². The number of benzene rings is 1. The highest BCUT2D eigenvalue weighted by atomic mass is 35.5. The molecule has 2 N–H and O–H groups in total. The van der Waals surface area contributed by atoms with Crippen molar-refractivity contribution >= 4 is 24.0 Å². The van der Waals surface area contributed by atoms with Crippen LogP contribution in [0.15, 0.2) is 24.3 Å². The molecule has 136 valence electrons. The van der Waals surface area contributed by atoms with Crippen molar-refractivity contribution in [3.63, 3.8) is 0 Å². The zero-order valence-corrected chi connectivity index (χ0v) is 14.9. The molecule has 0 aliphatic rings. The van der Waals surface area contributed by atoms with Gasteiger partial charge in [-0.15, -0.1) is 17.5 Å². The van der Waals surface area contributed by atoms with Crippen molar-refractivity contribution in [2.24, 2.45) is 0 Å². The Bertz CT molecular complexity index is 734. The van der Waals surface area contributed by atoms with E-state index in [1.54, 1.807) is 19.1 Å². The first-order chi connectivity index (χ1) is 11.5. The van der Waals surface area contributed by atoms with Crippen LogP contribution in [0.3, 0.4) is 0 Å². The largest absolute Gasteiger partial charge is 0.349 e. The first kappa shape index (κ1) is 20.5. The van der Waals surface area contributed by atoms with Gasteiger partial charge in [-0.1, -0.05) is 18.2 Å². The molecule has 0 spiro atoms. The molecule has 0 saturated carbocycles. The Morgan fingerprint density at radius 1 is 1.32 bits per heavy atom. The average Bonchev–Trinajstić information content (AvgIpc) is 2.96. The predicted octanol–water partition coefficient (Wildman–Crippen LogP) is 1.64. The molecule has 0 fully saturated rings. The molecule has 1 aromatic carbocycles. The highest BCUT2D eigenvalue weighted by Gasteiger charge is 2.18. The standard InChI is InChI=1S/C15H20N6O3.ClH/c1-3-7-16-8-9-17-15(22)14-11(2)20(19-18-14)12-5-4-6-13(10-12)21(23)24;/h4-6,10,16H,3,7-9H2,1-2H3,(H,17,22);1H. The number of nitro benzene ring substituents is 1. The second kappa shape index (κ2) is 9.70. The number of amides is 1. The lowest BCUT2D eigenvalue weighted by Crippen LogP contribution is -2.32. The van der Waals surface area contributed by atoms with E-state index in [0.29, 0.717) is 24.5 Å². The van der Waals surface area contributed by atoms with E-state index >= 15 is 0 Å². The molecule has 0 bridgehead atoms. The summed E-state index contributed by atoms with van der Waals surface area (Å²) in [6.07, 6.45) is 1.03. The summed E-state index contributed by atoms with van der Waals surface area (Å²) in [5.41, 5.74) is 1.17. The Hall–Kier alpha value is -2.52. The summed E-state index contributed by atoms with van der Waals surface area (Å²) in [7, 11) is 0. The first-order valence-electron chi connectivity index (χ1n) is 7.70. The van der Waals surface area contributed by atoms with E-state index in [1.807, 2.05) is 0 Å². The van der Waals surface area contributed by atoms with E-state index in [2.05, 4.69) is 27.9 Å². The number of nitrogens with zero attached hydrogens (tertiary/aromatic N) is 4. The monoisotopic (exact) mass is 368 g/mol. The van der Waals surface area contributed by atoms with E-state index in [1.165, 1.54) is 16.8 Å². The van der Waals surface area contributed by atoms with Crippen molar-refractivity contribution in [3.8, 4) is 5.69 Å². The fourth-order valence-electron chi connectivity index (χ4n) is 2.17. The van der Waals surface area contributed by atoms with Crippen LogP contribution in [0.5, 0.6) is 0 Å². The second-order valence-corrected chi connectivity index (χ2v) is 5.22. The molecule has 0 aliphatic heterocycles. The molecule has 0 radical (unpaired) electrons. The van der Waals surface area contributed by atoms with E-state index in [4.69, 9.17) is 0 Å². The van der Waals surface area contributed by atoms with Gasteiger partial charge in [0.1, 0.15) is 0 Å². The predicted molar refractivity (Wildman–Crippen MR) is 95.5 cm³/mol. The number of carbonyl (C=O) groups excluding carboxylic acids is 1. The molecule has 25 heavy (non-hydrogen) atoms. The lowest BCUT2D eigenvalue weighted by molar-refractivity contribution is -0.384. The third kappa shape index (κ3) is 5.23. The number of hydrogen-bond acceptors (Lipinski definition) is 6. The quantitative estimate of drug-likeness (QED) is 0.415. The average molecular weight is 369 g/mol. The van der Waals surface area contributed by atoms with Gasteiger partial charge in [-0.25, -0.2) is 4.68 Å². The number of aromatic nitrogens is 3. The third-order valence-corrected chi connectivity index (χ3v) is 3.41. The fourth-order valence-corrected chi connectivity index (χ4v) is 2.17. The van der Waals surface area contributed by atoms with E-state index in [0.717, 1.165) is 13.0 Å². The Kier molecular flexibility index (Phi) is 7.96. The summed E-state index contributed by atoms with van der Waals surface area (Å²) < 4.78 is 1.41. The molecule has 0 unspecified atom stereocenters. The van der Waals surface area contributed by atoms with Crippen LogP contribution < -0.4 is 10.6 Å². The number of hydrogen-bond donors (Lipinski definition) is 2. The summed E-state index contributed by atoms with van der Waals surface area (Å²) >= 11 is 0. The maximum atomic E-state index is 12.2. The van der Waals surface area contributed by atoms with Crippen LogP contribution in [0, 0.1) is 17.0 Å². The molecular weight excluding hydrogens is 348 g/mol. The van der Waals surface area contributed by atoms with Crippen LogP contribution in [0.2, 0.25) is 0 Å². The van der Waals surface area contributed by atoms with Gasteiger partial charge in [-0.3, -0.25) is 14.9 Å². The summed E-state index contributed by atoms with van der Waals surface area (Å²) in [5.74, 6) is -0.317. The minimum Gasteiger partial charge on any atom is -0.349 e. The van der Waals surface area contributed by atoms with Crippen molar-refractivity contribution < 1.29 is 9.72 Å². The molecule has 1 heterocycles.